The summed E-state index contributed by atoms with van der Waals surface area (Å²) in [7, 11) is 0. The summed E-state index contributed by atoms with van der Waals surface area (Å²) < 4.78 is 0. The van der Waals surface area contributed by atoms with Gasteiger partial charge in [0.2, 0.25) is 11.8 Å². The van der Waals surface area contributed by atoms with Crippen molar-refractivity contribution in [3.05, 3.63) is 24.3 Å². The molecule has 0 unspecified atom stereocenters. The highest BCUT2D eigenvalue weighted by Gasteiger charge is 2.29. The first-order valence-electron chi connectivity index (χ1n) is 8.00. The van der Waals surface area contributed by atoms with Crippen LogP contribution in [0.15, 0.2) is 24.3 Å². The molecule has 24 heavy (non-hydrogen) atoms. The molecule has 1 aliphatic rings. The van der Waals surface area contributed by atoms with Crippen LogP contribution < -0.4 is 21.3 Å². The van der Waals surface area contributed by atoms with E-state index in [4.69, 9.17) is 0 Å². The molecule has 0 saturated heterocycles. The lowest BCUT2D eigenvalue weighted by Crippen LogP contribution is -2.46. The number of anilines is 2. The van der Waals surface area contributed by atoms with E-state index >= 15 is 0 Å². The zero-order chi connectivity index (χ0) is 17.7. The zero-order valence-corrected chi connectivity index (χ0v) is 14.2. The van der Waals surface area contributed by atoms with Crippen molar-refractivity contribution in [2.45, 2.75) is 39.2 Å². The maximum Gasteiger partial charge on any atom is 0.319 e. The summed E-state index contributed by atoms with van der Waals surface area (Å²) in [5, 5.41) is 10.7. The number of hydrogen-bond donors (Lipinski definition) is 4. The molecule has 1 aromatic rings. The molecule has 7 heteroatoms. The lowest BCUT2D eigenvalue weighted by Gasteiger charge is -2.20. The van der Waals surface area contributed by atoms with Crippen molar-refractivity contribution >= 4 is 29.2 Å². The van der Waals surface area contributed by atoms with Gasteiger partial charge in [0.25, 0.3) is 0 Å². The van der Waals surface area contributed by atoms with E-state index in [0.717, 1.165) is 12.8 Å². The average Bonchev–Trinajstić information content (AvgIpc) is 3.28. The summed E-state index contributed by atoms with van der Waals surface area (Å²) in [5.74, 6) is -0.134. The van der Waals surface area contributed by atoms with Gasteiger partial charge in [0.05, 0.1) is 6.54 Å². The van der Waals surface area contributed by atoms with Crippen molar-refractivity contribution in [2.75, 3.05) is 17.2 Å². The molecule has 1 saturated carbocycles. The molecule has 0 atom stereocenters. The van der Waals surface area contributed by atoms with Crippen LogP contribution in [0.5, 0.6) is 0 Å². The number of benzene rings is 1. The van der Waals surface area contributed by atoms with Crippen molar-refractivity contribution in [2.24, 2.45) is 5.92 Å². The van der Waals surface area contributed by atoms with Gasteiger partial charge in [-0.25, -0.2) is 4.79 Å². The Balaban J connectivity index is 1.80. The van der Waals surface area contributed by atoms with Gasteiger partial charge in [-0.05, 0) is 51.8 Å². The Labute approximate surface area is 141 Å². The van der Waals surface area contributed by atoms with Gasteiger partial charge in [-0.3, -0.25) is 9.59 Å². The van der Waals surface area contributed by atoms with Crippen LogP contribution in [-0.2, 0) is 9.59 Å². The second-order valence-electron chi connectivity index (χ2n) is 6.95. The molecule has 1 fully saturated rings. The molecule has 0 bridgehead atoms. The Hall–Kier alpha value is -2.57. The third-order valence-corrected chi connectivity index (χ3v) is 3.26. The van der Waals surface area contributed by atoms with Crippen LogP contribution in [0.3, 0.4) is 0 Å². The standard InChI is InChI=1S/C17H24N4O3/c1-17(2,3)21-14(22)10-18-16(24)20-13-6-4-5-12(9-13)19-15(23)11-7-8-11/h4-6,9,11H,7-8,10H2,1-3H3,(H,19,23)(H,21,22)(H2,18,20,24). The molecule has 130 valence electrons. The molecule has 0 radical (unpaired) electrons. The van der Waals surface area contributed by atoms with Gasteiger partial charge < -0.3 is 21.3 Å². The second kappa shape index (κ2) is 7.33. The fourth-order valence-electron chi connectivity index (χ4n) is 2.06. The predicted octanol–water partition coefficient (Wildman–Crippen LogP) is 2.07. The lowest BCUT2D eigenvalue weighted by molar-refractivity contribution is -0.121. The van der Waals surface area contributed by atoms with Crippen LogP contribution in [0, 0.1) is 5.92 Å². The Bertz CT molecular complexity index is 633. The summed E-state index contributed by atoms with van der Waals surface area (Å²) in [6, 6.07) is 6.41. The fraction of sp³-hybridized carbons (Fsp3) is 0.471. The normalized spacial score (nSPS) is 13.8. The number of carbonyl (C=O) groups excluding carboxylic acids is 3. The first-order valence-corrected chi connectivity index (χ1v) is 8.00. The summed E-state index contributed by atoms with van der Waals surface area (Å²) in [6.45, 7) is 5.49. The van der Waals surface area contributed by atoms with E-state index in [2.05, 4.69) is 21.3 Å². The van der Waals surface area contributed by atoms with Crippen LogP contribution in [0.25, 0.3) is 0 Å². The minimum absolute atomic E-state index is 0.00968. The molecule has 7 nitrogen and oxygen atoms in total. The van der Waals surface area contributed by atoms with E-state index < -0.39 is 6.03 Å². The van der Waals surface area contributed by atoms with Gasteiger partial charge in [0.1, 0.15) is 0 Å². The Kier molecular flexibility index (Phi) is 5.43. The molecule has 4 amide bonds. The van der Waals surface area contributed by atoms with Crippen molar-refractivity contribution in [3.63, 3.8) is 0 Å². The number of hydrogen-bond acceptors (Lipinski definition) is 3. The van der Waals surface area contributed by atoms with E-state index in [-0.39, 0.29) is 29.8 Å². The highest BCUT2D eigenvalue weighted by molar-refractivity contribution is 5.96. The topological polar surface area (TPSA) is 99.3 Å². The number of nitrogens with one attached hydrogen (secondary N) is 4. The molecule has 2 rings (SSSR count). The summed E-state index contributed by atoms with van der Waals surface area (Å²) in [6.07, 6.45) is 1.87. The third-order valence-electron chi connectivity index (χ3n) is 3.26. The molecule has 1 aliphatic carbocycles. The minimum Gasteiger partial charge on any atom is -0.350 e. The van der Waals surface area contributed by atoms with E-state index in [1.165, 1.54) is 0 Å². The summed E-state index contributed by atoms with van der Waals surface area (Å²) in [5.41, 5.74) is 0.830. The molecular formula is C17H24N4O3. The van der Waals surface area contributed by atoms with E-state index in [9.17, 15) is 14.4 Å². The smallest absolute Gasteiger partial charge is 0.319 e. The van der Waals surface area contributed by atoms with Gasteiger partial charge in [0.15, 0.2) is 0 Å². The van der Waals surface area contributed by atoms with Crippen molar-refractivity contribution in [3.8, 4) is 0 Å². The molecule has 0 aromatic heterocycles. The highest BCUT2D eigenvalue weighted by Crippen LogP contribution is 2.30. The second-order valence-corrected chi connectivity index (χ2v) is 6.95. The number of amides is 4. The Morgan fingerprint density at radius 3 is 2.29 bits per heavy atom. The monoisotopic (exact) mass is 332 g/mol. The molecule has 0 spiro atoms. The van der Waals surface area contributed by atoms with Gasteiger partial charge in [0, 0.05) is 22.8 Å². The highest BCUT2D eigenvalue weighted by atomic mass is 16.2. The number of rotatable bonds is 5. The van der Waals surface area contributed by atoms with Crippen molar-refractivity contribution < 1.29 is 14.4 Å². The molecule has 0 aliphatic heterocycles. The van der Waals surface area contributed by atoms with Crippen molar-refractivity contribution in [1.82, 2.24) is 10.6 Å². The lowest BCUT2D eigenvalue weighted by atomic mass is 10.1. The van der Waals surface area contributed by atoms with Crippen LogP contribution in [-0.4, -0.2) is 29.9 Å². The number of carbonyl (C=O) groups is 3. The maximum absolute atomic E-state index is 11.8. The fourth-order valence-corrected chi connectivity index (χ4v) is 2.06. The largest absolute Gasteiger partial charge is 0.350 e. The quantitative estimate of drug-likeness (QED) is 0.664. The molecule has 0 heterocycles. The summed E-state index contributed by atoms with van der Waals surface area (Å²) >= 11 is 0. The first-order chi connectivity index (χ1) is 11.2. The zero-order valence-electron chi connectivity index (χ0n) is 14.2. The molecule has 4 N–H and O–H groups in total. The van der Waals surface area contributed by atoms with Gasteiger partial charge in [-0.1, -0.05) is 6.07 Å². The summed E-state index contributed by atoms with van der Waals surface area (Å²) in [4.78, 5) is 35.2. The van der Waals surface area contributed by atoms with E-state index in [0.29, 0.717) is 11.4 Å². The Morgan fingerprint density at radius 1 is 1.08 bits per heavy atom. The van der Waals surface area contributed by atoms with Crippen LogP contribution >= 0.6 is 0 Å². The molecule has 1 aromatic carbocycles. The van der Waals surface area contributed by atoms with Crippen LogP contribution in [0.1, 0.15) is 33.6 Å². The molecular weight excluding hydrogens is 308 g/mol. The third kappa shape index (κ3) is 6.28. The van der Waals surface area contributed by atoms with Crippen LogP contribution in [0.2, 0.25) is 0 Å². The maximum atomic E-state index is 11.8. The minimum atomic E-state index is -0.482. The SMILES string of the molecule is CC(C)(C)NC(=O)CNC(=O)Nc1cccc(NC(=O)C2CC2)c1. The van der Waals surface area contributed by atoms with Gasteiger partial charge in [-0.15, -0.1) is 0 Å². The predicted molar refractivity (Wildman–Crippen MR) is 92.7 cm³/mol. The van der Waals surface area contributed by atoms with E-state index in [1.807, 2.05) is 20.8 Å². The van der Waals surface area contributed by atoms with E-state index in [1.54, 1.807) is 24.3 Å². The van der Waals surface area contributed by atoms with Crippen molar-refractivity contribution in [1.29, 1.82) is 0 Å². The number of urea groups is 1. The van der Waals surface area contributed by atoms with Crippen LogP contribution in [0.4, 0.5) is 16.2 Å². The van der Waals surface area contributed by atoms with Gasteiger partial charge in [-0.2, -0.15) is 0 Å². The Morgan fingerprint density at radius 2 is 1.71 bits per heavy atom. The first kappa shape index (κ1) is 17.8. The van der Waals surface area contributed by atoms with Gasteiger partial charge >= 0.3 is 6.03 Å². The average molecular weight is 332 g/mol.